The van der Waals surface area contributed by atoms with Gasteiger partial charge in [-0.25, -0.2) is 0 Å². The quantitative estimate of drug-likeness (QED) is 0.902. The molecule has 1 aromatic heterocycles. The number of rotatable bonds is 3. The Labute approximate surface area is 108 Å². The van der Waals surface area contributed by atoms with E-state index < -0.39 is 0 Å². The average Bonchev–Trinajstić information content (AvgIpc) is 2.68. The van der Waals surface area contributed by atoms with Crippen molar-refractivity contribution in [3.63, 3.8) is 0 Å². The Kier molecular flexibility index (Phi) is 3.45. The van der Waals surface area contributed by atoms with E-state index in [2.05, 4.69) is 10.2 Å². The molecule has 0 fully saturated rings. The third kappa shape index (κ3) is 2.84. The first kappa shape index (κ1) is 12.1. The number of H-pyrrole nitrogens is 2. The minimum Gasteiger partial charge on any atom is -0.369 e. The fourth-order valence-electron chi connectivity index (χ4n) is 1.53. The van der Waals surface area contributed by atoms with Gasteiger partial charge in [-0.15, -0.1) is 0 Å². The van der Waals surface area contributed by atoms with Crippen LogP contribution in [0.2, 0.25) is 10.0 Å². The lowest BCUT2D eigenvalue weighted by Crippen LogP contribution is -2.16. The zero-order valence-electron chi connectivity index (χ0n) is 9.13. The number of nitrogens with zero attached hydrogens (tertiary/aromatic N) is 1. The zero-order chi connectivity index (χ0) is 12.4. The van der Waals surface area contributed by atoms with E-state index in [1.807, 2.05) is 18.0 Å². The van der Waals surface area contributed by atoms with Crippen molar-refractivity contribution in [2.24, 2.45) is 0 Å². The molecule has 6 heteroatoms. The van der Waals surface area contributed by atoms with Gasteiger partial charge in [-0.05, 0) is 18.2 Å². The number of benzene rings is 1. The minimum absolute atomic E-state index is 0.137. The average molecular weight is 272 g/mol. The second-order valence-corrected chi connectivity index (χ2v) is 4.55. The number of hydrogen-bond acceptors (Lipinski definition) is 2. The second kappa shape index (κ2) is 4.85. The third-order valence-corrected chi connectivity index (χ3v) is 3.14. The normalized spacial score (nSPS) is 10.5. The highest BCUT2D eigenvalue weighted by molar-refractivity contribution is 6.42. The summed E-state index contributed by atoms with van der Waals surface area (Å²) >= 11 is 11.8. The molecule has 2 N–H and O–H groups in total. The van der Waals surface area contributed by atoms with Crippen LogP contribution in [0.3, 0.4) is 0 Å². The fraction of sp³-hybridized carbons (Fsp3) is 0.182. The molecule has 0 saturated heterocycles. The Morgan fingerprint density at radius 2 is 1.94 bits per heavy atom. The van der Waals surface area contributed by atoms with E-state index in [9.17, 15) is 4.79 Å². The molecule has 1 aromatic carbocycles. The van der Waals surface area contributed by atoms with E-state index in [1.165, 1.54) is 6.07 Å². The standard InChI is InChI=1S/C11H11Cl2N3O/c1-16(6-7-4-11(17)15-14-7)8-2-3-9(12)10(13)5-8/h2-5H,6H2,1H3,(H2,14,15,17). The highest BCUT2D eigenvalue weighted by atomic mass is 35.5. The Bertz CT molecular complexity index is 576. The number of nitrogens with one attached hydrogen (secondary N) is 2. The topological polar surface area (TPSA) is 51.9 Å². The molecule has 0 bridgehead atoms. The molecule has 0 spiro atoms. The molecular formula is C11H11Cl2N3O. The summed E-state index contributed by atoms with van der Waals surface area (Å²) in [5.41, 5.74) is 1.60. The van der Waals surface area contributed by atoms with Crippen molar-refractivity contribution in [1.82, 2.24) is 10.2 Å². The Morgan fingerprint density at radius 3 is 2.53 bits per heavy atom. The van der Waals surface area contributed by atoms with Gasteiger partial charge in [0.25, 0.3) is 5.56 Å². The lowest BCUT2D eigenvalue weighted by Gasteiger charge is -2.18. The van der Waals surface area contributed by atoms with E-state index in [-0.39, 0.29) is 5.56 Å². The summed E-state index contributed by atoms with van der Waals surface area (Å²) in [6, 6.07) is 6.93. The summed E-state index contributed by atoms with van der Waals surface area (Å²) in [5.74, 6) is 0. The molecule has 1 heterocycles. The molecule has 0 atom stereocenters. The van der Waals surface area contributed by atoms with Gasteiger partial charge < -0.3 is 10.00 Å². The van der Waals surface area contributed by atoms with Crippen LogP contribution in [-0.2, 0) is 6.54 Å². The van der Waals surface area contributed by atoms with Gasteiger partial charge >= 0.3 is 0 Å². The lowest BCUT2D eigenvalue weighted by atomic mass is 10.3. The van der Waals surface area contributed by atoms with E-state index in [1.54, 1.807) is 12.1 Å². The van der Waals surface area contributed by atoms with Crippen molar-refractivity contribution in [3.05, 3.63) is 50.4 Å². The van der Waals surface area contributed by atoms with Gasteiger partial charge in [0.1, 0.15) is 0 Å². The van der Waals surface area contributed by atoms with Crippen LogP contribution in [0.1, 0.15) is 5.69 Å². The predicted octanol–water partition coefficient (Wildman–Crippen LogP) is 2.65. The molecule has 0 saturated carbocycles. The first-order valence-corrected chi connectivity index (χ1v) is 5.74. The molecule has 0 aliphatic carbocycles. The molecule has 0 aliphatic rings. The maximum absolute atomic E-state index is 11.0. The van der Waals surface area contributed by atoms with Crippen LogP contribution in [0.4, 0.5) is 5.69 Å². The Hall–Kier alpha value is -1.39. The smallest absolute Gasteiger partial charge is 0.264 e. The van der Waals surface area contributed by atoms with Crippen LogP contribution >= 0.6 is 23.2 Å². The van der Waals surface area contributed by atoms with Gasteiger partial charge in [-0.1, -0.05) is 23.2 Å². The Balaban J connectivity index is 2.16. The van der Waals surface area contributed by atoms with Crippen LogP contribution in [0, 0.1) is 0 Å². The predicted molar refractivity (Wildman–Crippen MR) is 70.0 cm³/mol. The van der Waals surface area contributed by atoms with Gasteiger partial charge in [0, 0.05) is 18.8 Å². The summed E-state index contributed by atoms with van der Waals surface area (Å²) in [6.45, 7) is 0.580. The third-order valence-electron chi connectivity index (χ3n) is 2.40. The first-order valence-electron chi connectivity index (χ1n) is 4.99. The molecular weight excluding hydrogens is 261 g/mol. The van der Waals surface area contributed by atoms with Crippen molar-refractivity contribution in [3.8, 4) is 0 Å². The molecule has 2 rings (SSSR count). The molecule has 0 aliphatic heterocycles. The van der Waals surface area contributed by atoms with Crippen molar-refractivity contribution in [2.75, 3.05) is 11.9 Å². The molecule has 17 heavy (non-hydrogen) atoms. The van der Waals surface area contributed by atoms with Crippen LogP contribution in [0.25, 0.3) is 0 Å². The molecule has 4 nitrogen and oxygen atoms in total. The first-order chi connectivity index (χ1) is 8.06. The fourth-order valence-corrected chi connectivity index (χ4v) is 1.82. The van der Waals surface area contributed by atoms with Crippen molar-refractivity contribution in [2.45, 2.75) is 6.54 Å². The monoisotopic (exact) mass is 271 g/mol. The van der Waals surface area contributed by atoms with Crippen LogP contribution in [-0.4, -0.2) is 17.2 Å². The molecule has 90 valence electrons. The Morgan fingerprint density at radius 1 is 1.18 bits per heavy atom. The molecule has 0 amide bonds. The summed E-state index contributed by atoms with van der Waals surface area (Å²) in [4.78, 5) is 12.9. The van der Waals surface area contributed by atoms with Gasteiger partial charge in [-0.2, -0.15) is 0 Å². The molecule has 0 unspecified atom stereocenters. The number of halogens is 2. The maximum Gasteiger partial charge on any atom is 0.264 e. The zero-order valence-corrected chi connectivity index (χ0v) is 10.6. The van der Waals surface area contributed by atoms with Crippen molar-refractivity contribution in [1.29, 1.82) is 0 Å². The van der Waals surface area contributed by atoms with Crippen LogP contribution in [0.5, 0.6) is 0 Å². The number of aromatic nitrogens is 2. The van der Waals surface area contributed by atoms with E-state index in [4.69, 9.17) is 23.2 Å². The summed E-state index contributed by atoms with van der Waals surface area (Å²) < 4.78 is 0. The van der Waals surface area contributed by atoms with Gasteiger partial charge in [-0.3, -0.25) is 9.89 Å². The van der Waals surface area contributed by atoms with E-state index in [0.29, 0.717) is 16.6 Å². The second-order valence-electron chi connectivity index (χ2n) is 3.74. The van der Waals surface area contributed by atoms with E-state index >= 15 is 0 Å². The number of anilines is 1. The lowest BCUT2D eigenvalue weighted by molar-refractivity contribution is 0.868. The van der Waals surface area contributed by atoms with Crippen LogP contribution < -0.4 is 10.5 Å². The molecule has 0 radical (unpaired) electrons. The summed E-state index contributed by atoms with van der Waals surface area (Å²) in [5, 5.41) is 6.32. The largest absolute Gasteiger partial charge is 0.369 e. The molecule has 2 aromatic rings. The summed E-state index contributed by atoms with van der Waals surface area (Å²) in [6.07, 6.45) is 0. The SMILES string of the molecule is CN(Cc1cc(=O)[nH][nH]1)c1ccc(Cl)c(Cl)c1. The highest BCUT2D eigenvalue weighted by Crippen LogP contribution is 2.27. The van der Waals surface area contributed by atoms with Crippen molar-refractivity contribution >= 4 is 28.9 Å². The number of aromatic amines is 2. The van der Waals surface area contributed by atoms with E-state index in [0.717, 1.165) is 11.4 Å². The highest BCUT2D eigenvalue weighted by Gasteiger charge is 2.06. The van der Waals surface area contributed by atoms with Gasteiger partial charge in [0.05, 0.1) is 22.3 Å². The number of hydrogen-bond donors (Lipinski definition) is 2. The maximum atomic E-state index is 11.0. The van der Waals surface area contributed by atoms with Gasteiger partial charge in [0.2, 0.25) is 0 Å². The summed E-state index contributed by atoms with van der Waals surface area (Å²) in [7, 11) is 1.91. The van der Waals surface area contributed by atoms with Gasteiger partial charge in [0.15, 0.2) is 0 Å². The minimum atomic E-state index is -0.137. The van der Waals surface area contributed by atoms with Crippen LogP contribution in [0.15, 0.2) is 29.1 Å². The van der Waals surface area contributed by atoms with Crippen molar-refractivity contribution < 1.29 is 0 Å².